The summed E-state index contributed by atoms with van der Waals surface area (Å²) in [6.07, 6.45) is 7.13. The van der Waals surface area contributed by atoms with Crippen molar-refractivity contribution in [3.05, 3.63) is 48.6 Å². The molecule has 1 aromatic rings. The molecule has 0 aromatic heterocycles. The van der Waals surface area contributed by atoms with E-state index in [1.807, 2.05) is 43.3 Å². The summed E-state index contributed by atoms with van der Waals surface area (Å²) >= 11 is 0. The van der Waals surface area contributed by atoms with Gasteiger partial charge < -0.3 is 4.79 Å². The van der Waals surface area contributed by atoms with E-state index in [0.717, 1.165) is 37.5 Å². The van der Waals surface area contributed by atoms with Crippen LogP contribution in [0, 0.1) is 0 Å². The highest BCUT2D eigenvalue weighted by molar-refractivity contribution is 5.67. The van der Waals surface area contributed by atoms with Crippen LogP contribution in [-0.2, 0) is 10.2 Å². The Morgan fingerprint density at radius 3 is 2.50 bits per heavy atom. The first-order valence-corrected chi connectivity index (χ1v) is 5.86. The van der Waals surface area contributed by atoms with Gasteiger partial charge in [-0.15, -0.1) is 6.58 Å². The smallest absolute Gasteiger partial charge is 0.130 e. The third-order valence-corrected chi connectivity index (χ3v) is 3.05. The molecule has 1 heteroatoms. The molecule has 0 N–H and O–H groups in total. The van der Waals surface area contributed by atoms with Gasteiger partial charge in [0.1, 0.15) is 6.29 Å². The summed E-state index contributed by atoms with van der Waals surface area (Å²) in [6, 6.07) is 10.0. The standard InChI is InChI=1S/C15H20O/c1-3-4-5-9-12-15(2,13-16)14-10-7-6-8-11-14/h3,6-8,10-11,13H,1,4-5,9,12H2,2H3/t15-/m0/s1. The number of hydrogen-bond donors (Lipinski definition) is 0. The van der Waals surface area contributed by atoms with E-state index in [-0.39, 0.29) is 5.41 Å². The van der Waals surface area contributed by atoms with Crippen LogP contribution in [0.5, 0.6) is 0 Å². The summed E-state index contributed by atoms with van der Waals surface area (Å²) in [4.78, 5) is 11.3. The van der Waals surface area contributed by atoms with Crippen molar-refractivity contribution in [2.45, 2.75) is 38.0 Å². The van der Waals surface area contributed by atoms with E-state index < -0.39 is 0 Å². The molecular formula is C15H20O. The molecular weight excluding hydrogens is 196 g/mol. The normalized spacial score (nSPS) is 14.1. The van der Waals surface area contributed by atoms with Gasteiger partial charge in [-0.05, 0) is 31.7 Å². The van der Waals surface area contributed by atoms with Gasteiger partial charge in [0.05, 0.1) is 0 Å². The molecule has 0 spiro atoms. The SMILES string of the molecule is C=CCCCC[C@@](C)(C=O)c1ccccc1. The molecule has 0 fully saturated rings. The van der Waals surface area contributed by atoms with Crippen LogP contribution in [0.25, 0.3) is 0 Å². The Bertz CT molecular complexity index is 329. The minimum absolute atomic E-state index is 0.331. The number of carbonyl (C=O) groups excluding carboxylic acids is 1. The maximum absolute atomic E-state index is 11.3. The van der Waals surface area contributed by atoms with Crippen molar-refractivity contribution in [2.75, 3.05) is 0 Å². The summed E-state index contributed by atoms with van der Waals surface area (Å²) in [5, 5.41) is 0. The van der Waals surface area contributed by atoms with Crippen LogP contribution in [0.4, 0.5) is 0 Å². The van der Waals surface area contributed by atoms with E-state index in [0.29, 0.717) is 0 Å². The zero-order valence-electron chi connectivity index (χ0n) is 9.99. The van der Waals surface area contributed by atoms with Gasteiger partial charge in [0, 0.05) is 5.41 Å². The first-order valence-electron chi connectivity index (χ1n) is 5.86. The van der Waals surface area contributed by atoms with Crippen LogP contribution in [0.1, 0.15) is 38.2 Å². The van der Waals surface area contributed by atoms with Crippen LogP contribution in [0.15, 0.2) is 43.0 Å². The quantitative estimate of drug-likeness (QED) is 0.384. The molecule has 0 saturated carbocycles. The van der Waals surface area contributed by atoms with Gasteiger partial charge in [0.15, 0.2) is 0 Å². The number of unbranched alkanes of at least 4 members (excludes halogenated alkanes) is 2. The van der Waals surface area contributed by atoms with Crippen LogP contribution in [0.3, 0.4) is 0 Å². The second-order valence-corrected chi connectivity index (χ2v) is 4.44. The second-order valence-electron chi connectivity index (χ2n) is 4.44. The lowest BCUT2D eigenvalue weighted by atomic mass is 9.79. The highest BCUT2D eigenvalue weighted by Crippen LogP contribution is 2.27. The molecule has 0 aliphatic rings. The van der Waals surface area contributed by atoms with E-state index >= 15 is 0 Å². The Labute approximate surface area is 98.2 Å². The highest BCUT2D eigenvalue weighted by atomic mass is 16.1. The summed E-state index contributed by atoms with van der Waals surface area (Å²) in [7, 11) is 0. The third kappa shape index (κ3) is 3.34. The van der Waals surface area contributed by atoms with Gasteiger partial charge >= 0.3 is 0 Å². The number of carbonyl (C=O) groups is 1. The minimum atomic E-state index is -0.331. The number of rotatable bonds is 7. The molecule has 0 aliphatic heterocycles. The van der Waals surface area contributed by atoms with Crippen molar-refractivity contribution < 1.29 is 4.79 Å². The molecule has 0 amide bonds. The predicted molar refractivity (Wildman–Crippen MR) is 68.5 cm³/mol. The molecule has 1 nitrogen and oxygen atoms in total. The van der Waals surface area contributed by atoms with Crippen LogP contribution in [0.2, 0.25) is 0 Å². The molecule has 16 heavy (non-hydrogen) atoms. The Hall–Kier alpha value is -1.37. The topological polar surface area (TPSA) is 17.1 Å². The first-order chi connectivity index (χ1) is 7.73. The fourth-order valence-corrected chi connectivity index (χ4v) is 1.87. The van der Waals surface area contributed by atoms with Gasteiger partial charge in [0.2, 0.25) is 0 Å². The molecule has 0 bridgehead atoms. The molecule has 0 unspecified atom stereocenters. The summed E-state index contributed by atoms with van der Waals surface area (Å²) in [5.74, 6) is 0. The van der Waals surface area contributed by atoms with Crippen molar-refractivity contribution in [1.29, 1.82) is 0 Å². The van der Waals surface area contributed by atoms with Gasteiger partial charge in [-0.2, -0.15) is 0 Å². The Kier molecular flexibility index (Phi) is 4.97. The maximum atomic E-state index is 11.3. The van der Waals surface area contributed by atoms with Crippen molar-refractivity contribution in [3.63, 3.8) is 0 Å². The zero-order valence-corrected chi connectivity index (χ0v) is 9.99. The zero-order chi connectivity index (χ0) is 11.9. The van der Waals surface area contributed by atoms with Crippen LogP contribution < -0.4 is 0 Å². The Morgan fingerprint density at radius 2 is 1.94 bits per heavy atom. The largest absolute Gasteiger partial charge is 0.302 e. The fourth-order valence-electron chi connectivity index (χ4n) is 1.87. The Morgan fingerprint density at radius 1 is 1.25 bits per heavy atom. The van der Waals surface area contributed by atoms with Crippen molar-refractivity contribution in [3.8, 4) is 0 Å². The number of benzene rings is 1. The van der Waals surface area contributed by atoms with E-state index in [4.69, 9.17) is 0 Å². The molecule has 0 radical (unpaired) electrons. The average molecular weight is 216 g/mol. The van der Waals surface area contributed by atoms with Gasteiger partial charge in [-0.25, -0.2) is 0 Å². The van der Waals surface area contributed by atoms with Crippen LogP contribution >= 0.6 is 0 Å². The highest BCUT2D eigenvalue weighted by Gasteiger charge is 2.24. The lowest BCUT2D eigenvalue weighted by Gasteiger charge is -2.23. The first kappa shape index (κ1) is 12.7. The van der Waals surface area contributed by atoms with Crippen molar-refractivity contribution in [1.82, 2.24) is 0 Å². The van der Waals surface area contributed by atoms with E-state index in [1.165, 1.54) is 0 Å². The molecule has 0 heterocycles. The van der Waals surface area contributed by atoms with Gasteiger partial charge in [-0.3, -0.25) is 0 Å². The summed E-state index contributed by atoms with van der Waals surface area (Å²) < 4.78 is 0. The maximum Gasteiger partial charge on any atom is 0.130 e. The van der Waals surface area contributed by atoms with Crippen molar-refractivity contribution >= 4 is 6.29 Å². The predicted octanol–water partition coefficient (Wildman–Crippen LogP) is 3.89. The second kappa shape index (κ2) is 6.26. The lowest BCUT2D eigenvalue weighted by molar-refractivity contribution is -0.112. The van der Waals surface area contributed by atoms with E-state index in [1.54, 1.807) is 0 Å². The van der Waals surface area contributed by atoms with Crippen LogP contribution in [-0.4, -0.2) is 6.29 Å². The molecule has 86 valence electrons. The number of allylic oxidation sites excluding steroid dienone is 1. The van der Waals surface area contributed by atoms with Gasteiger partial charge in [0.25, 0.3) is 0 Å². The fraction of sp³-hybridized carbons (Fsp3) is 0.400. The van der Waals surface area contributed by atoms with E-state index in [9.17, 15) is 4.79 Å². The average Bonchev–Trinajstić information content (AvgIpc) is 2.35. The molecule has 1 atom stereocenters. The third-order valence-electron chi connectivity index (χ3n) is 3.05. The minimum Gasteiger partial charge on any atom is -0.302 e. The molecule has 0 aliphatic carbocycles. The monoisotopic (exact) mass is 216 g/mol. The van der Waals surface area contributed by atoms with Crippen molar-refractivity contribution in [2.24, 2.45) is 0 Å². The molecule has 1 rings (SSSR count). The van der Waals surface area contributed by atoms with Gasteiger partial charge in [-0.1, -0.05) is 42.8 Å². The molecule has 1 aromatic carbocycles. The Balaban J connectivity index is 2.63. The van der Waals surface area contributed by atoms with E-state index in [2.05, 4.69) is 6.58 Å². The number of hydrogen-bond acceptors (Lipinski definition) is 1. The summed E-state index contributed by atoms with van der Waals surface area (Å²) in [6.45, 7) is 5.72. The molecule has 0 saturated heterocycles. The summed E-state index contributed by atoms with van der Waals surface area (Å²) in [5.41, 5.74) is 0.784. The number of aldehydes is 1. The lowest BCUT2D eigenvalue weighted by Crippen LogP contribution is -2.23.